The Morgan fingerprint density at radius 3 is 2.50 bits per heavy atom. The molecule has 1 aromatic carbocycles. The third-order valence-electron chi connectivity index (χ3n) is 5.77. The highest BCUT2D eigenvalue weighted by Gasteiger charge is 2.35. The zero-order chi connectivity index (χ0) is 20.7. The first-order valence-electron chi connectivity index (χ1n) is 10.1. The van der Waals surface area contributed by atoms with Crippen molar-refractivity contribution in [2.75, 3.05) is 6.61 Å². The van der Waals surface area contributed by atoms with Crippen LogP contribution in [0.2, 0.25) is 0 Å². The minimum atomic E-state index is -0.833. The smallest absolute Gasteiger partial charge is 0.294 e. The van der Waals surface area contributed by atoms with Crippen LogP contribution in [0.15, 0.2) is 12.1 Å². The zero-order valence-electron chi connectivity index (χ0n) is 16.8. The largest absolute Gasteiger partial charge is 0.508 e. The summed E-state index contributed by atoms with van der Waals surface area (Å²) in [6.07, 6.45) is 7.49. The van der Waals surface area contributed by atoms with Crippen LogP contribution < -0.4 is 0 Å². The molecule has 0 unspecified atom stereocenters. The summed E-state index contributed by atoms with van der Waals surface area (Å²) < 4.78 is 0. The maximum absolute atomic E-state index is 13.0. The van der Waals surface area contributed by atoms with Gasteiger partial charge in [-0.2, -0.15) is 0 Å². The maximum atomic E-state index is 13.0. The Labute approximate surface area is 165 Å². The number of phenolic OH excluding ortho intramolecular Hbond substituents is 2. The van der Waals surface area contributed by atoms with Crippen molar-refractivity contribution < 1.29 is 24.9 Å². The summed E-state index contributed by atoms with van der Waals surface area (Å²) in [5.41, 5.74) is 0.675. The van der Waals surface area contributed by atoms with Crippen LogP contribution in [0.25, 0.3) is 0 Å². The lowest BCUT2D eigenvalue weighted by Crippen LogP contribution is -2.31. The number of benzene rings is 1. The van der Waals surface area contributed by atoms with E-state index in [4.69, 9.17) is 0 Å². The van der Waals surface area contributed by atoms with Crippen LogP contribution in [0.5, 0.6) is 11.5 Å². The highest BCUT2D eigenvalue weighted by molar-refractivity contribution is 5.90. The van der Waals surface area contributed by atoms with Gasteiger partial charge in [0.1, 0.15) is 17.3 Å². The molecule has 0 atom stereocenters. The first-order chi connectivity index (χ1) is 13.2. The lowest BCUT2D eigenvalue weighted by atomic mass is 9.71. The molecule has 0 aromatic heterocycles. The van der Waals surface area contributed by atoms with E-state index in [0.29, 0.717) is 31.2 Å². The Balaban J connectivity index is 2.10. The van der Waals surface area contributed by atoms with E-state index >= 15 is 0 Å². The molecule has 7 nitrogen and oxygen atoms in total. The molecular formula is C21H31NO6. The van der Waals surface area contributed by atoms with E-state index in [1.165, 1.54) is 12.5 Å². The SMILES string of the molecule is CC(C)(C(=O)CCCCCO[N+](=O)[O-])c1cc(O)cc(O)c1C1CCCCC1. The van der Waals surface area contributed by atoms with Crippen LogP contribution in [0.3, 0.4) is 0 Å². The maximum Gasteiger partial charge on any atom is 0.294 e. The summed E-state index contributed by atoms with van der Waals surface area (Å²) in [7, 11) is 0. The zero-order valence-corrected chi connectivity index (χ0v) is 16.8. The van der Waals surface area contributed by atoms with Crippen LogP contribution >= 0.6 is 0 Å². The molecule has 2 N–H and O–H groups in total. The van der Waals surface area contributed by atoms with Gasteiger partial charge in [-0.1, -0.05) is 25.7 Å². The van der Waals surface area contributed by atoms with Crippen LogP contribution in [0, 0.1) is 10.1 Å². The standard InChI is InChI=1S/C21H31NO6/c1-21(2,19(25)11-7-4-8-12-28-22(26)27)17-13-16(23)14-18(24)20(17)15-9-5-3-6-10-15/h13-15,23-24H,3-12H2,1-2H3. The number of ketones is 1. The topological polar surface area (TPSA) is 110 Å². The van der Waals surface area contributed by atoms with Gasteiger partial charge in [0, 0.05) is 23.5 Å². The van der Waals surface area contributed by atoms with Gasteiger partial charge in [-0.05, 0) is 57.1 Å². The minimum absolute atomic E-state index is 0.0322. The Kier molecular flexibility index (Phi) is 7.66. The third-order valence-corrected chi connectivity index (χ3v) is 5.77. The van der Waals surface area contributed by atoms with Gasteiger partial charge < -0.3 is 15.1 Å². The van der Waals surface area contributed by atoms with Crippen LogP contribution in [0.1, 0.15) is 88.7 Å². The Morgan fingerprint density at radius 2 is 1.86 bits per heavy atom. The molecule has 0 spiro atoms. The van der Waals surface area contributed by atoms with E-state index in [1.54, 1.807) is 6.07 Å². The van der Waals surface area contributed by atoms with Crippen molar-refractivity contribution in [2.45, 2.75) is 83.0 Å². The molecule has 0 radical (unpaired) electrons. The minimum Gasteiger partial charge on any atom is -0.508 e. The number of phenols is 2. The van der Waals surface area contributed by atoms with Crippen LogP contribution in [-0.4, -0.2) is 27.7 Å². The molecule has 2 rings (SSSR count). The van der Waals surface area contributed by atoms with Gasteiger partial charge >= 0.3 is 0 Å². The van der Waals surface area contributed by atoms with E-state index in [2.05, 4.69) is 4.84 Å². The highest BCUT2D eigenvalue weighted by atomic mass is 16.9. The summed E-state index contributed by atoms with van der Waals surface area (Å²) in [6.45, 7) is 3.72. The number of carbonyl (C=O) groups excluding carboxylic acids is 1. The normalized spacial score (nSPS) is 15.4. The van der Waals surface area contributed by atoms with Gasteiger partial charge in [-0.25, -0.2) is 0 Å². The Morgan fingerprint density at radius 1 is 1.18 bits per heavy atom. The van der Waals surface area contributed by atoms with Crippen molar-refractivity contribution in [3.63, 3.8) is 0 Å². The predicted molar refractivity (Wildman–Crippen MR) is 105 cm³/mol. The molecule has 0 amide bonds. The molecule has 1 aliphatic carbocycles. The van der Waals surface area contributed by atoms with Gasteiger partial charge in [0.05, 0.1) is 6.61 Å². The fraction of sp³-hybridized carbons (Fsp3) is 0.667. The molecule has 0 bridgehead atoms. The van der Waals surface area contributed by atoms with E-state index in [9.17, 15) is 25.1 Å². The first-order valence-corrected chi connectivity index (χ1v) is 10.1. The first kappa shape index (κ1) is 22.0. The fourth-order valence-corrected chi connectivity index (χ4v) is 4.13. The van der Waals surface area contributed by atoms with Gasteiger partial charge in [0.2, 0.25) is 0 Å². The number of carbonyl (C=O) groups is 1. The molecule has 0 aliphatic heterocycles. The lowest BCUT2D eigenvalue weighted by molar-refractivity contribution is -0.757. The van der Waals surface area contributed by atoms with Gasteiger partial charge in [-0.3, -0.25) is 4.79 Å². The Bertz CT molecular complexity index is 694. The van der Waals surface area contributed by atoms with Gasteiger partial charge in [0.15, 0.2) is 0 Å². The highest BCUT2D eigenvalue weighted by Crippen LogP contribution is 2.45. The number of rotatable bonds is 10. The predicted octanol–water partition coefficient (Wildman–Crippen LogP) is 4.76. The molecule has 1 aromatic rings. The number of unbranched alkanes of at least 4 members (excludes halogenated alkanes) is 2. The quantitative estimate of drug-likeness (QED) is 0.337. The number of aromatic hydroxyl groups is 2. The van der Waals surface area contributed by atoms with Crippen LogP contribution in [-0.2, 0) is 15.0 Å². The second kappa shape index (κ2) is 9.75. The van der Waals surface area contributed by atoms with E-state index in [0.717, 1.165) is 31.2 Å². The number of hydrogen-bond acceptors (Lipinski definition) is 6. The second-order valence-electron chi connectivity index (χ2n) is 8.18. The molecule has 28 heavy (non-hydrogen) atoms. The van der Waals surface area contributed by atoms with Crippen LogP contribution in [0.4, 0.5) is 0 Å². The summed E-state index contributed by atoms with van der Waals surface area (Å²) in [5.74, 6) is 0.269. The van der Waals surface area contributed by atoms with Crippen molar-refractivity contribution in [1.82, 2.24) is 0 Å². The van der Waals surface area contributed by atoms with Crippen molar-refractivity contribution >= 4 is 5.78 Å². The summed E-state index contributed by atoms with van der Waals surface area (Å²) in [5, 5.41) is 29.9. The molecule has 1 saturated carbocycles. The molecular weight excluding hydrogens is 362 g/mol. The fourth-order valence-electron chi connectivity index (χ4n) is 4.13. The summed E-state index contributed by atoms with van der Waals surface area (Å²) in [4.78, 5) is 27.4. The average Bonchev–Trinajstić information content (AvgIpc) is 2.64. The lowest BCUT2D eigenvalue weighted by Gasteiger charge is -2.32. The number of nitrogens with zero attached hydrogens (tertiary/aromatic N) is 1. The summed E-state index contributed by atoms with van der Waals surface area (Å²) >= 11 is 0. The van der Waals surface area contributed by atoms with E-state index < -0.39 is 10.5 Å². The van der Waals surface area contributed by atoms with Crippen molar-refractivity contribution in [2.24, 2.45) is 0 Å². The Hall–Kier alpha value is -2.31. The van der Waals surface area contributed by atoms with Crippen molar-refractivity contribution in [3.8, 4) is 11.5 Å². The van der Waals surface area contributed by atoms with E-state index in [-0.39, 0.29) is 29.8 Å². The molecule has 156 valence electrons. The summed E-state index contributed by atoms with van der Waals surface area (Å²) in [6, 6.07) is 2.98. The molecule has 7 heteroatoms. The molecule has 1 aliphatic rings. The van der Waals surface area contributed by atoms with Gasteiger partial charge in [0.25, 0.3) is 5.09 Å². The number of Topliss-reactive ketones (excluding diaryl/α,β-unsaturated/α-hetero) is 1. The number of hydrogen-bond donors (Lipinski definition) is 2. The third kappa shape index (κ3) is 5.59. The van der Waals surface area contributed by atoms with Crippen molar-refractivity contribution in [1.29, 1.82) is 0 Å². The monoisotopic (exact) mass is 393 g/mol. The molecule has 0 heterocycles. The van der Waals surface area contributed by atoms with Crippen molar-refractivity contribution in [3.05, 3.63) is 33.4 Å². The van der Waals surface area contributed by atoms with E-state index in [1.807, 2.05) is 13.8 Å². The molecule has 1 fully saturated rings. The average molecular weight is 393 g/mol. The molecule has 0 saturated heterocycles. The second-order valence-corrected chi connectivity index (χ2v) is 8.18. The van der Waals surface area contributed by atoms with Gasteiger partial charge in [-0.15, -0.1) is 10.1 Å².